The van der Waals surface area contributed by atoms with Crippen molar-refractivity contribution in [1.29, 1.82) is 0 Å². The van der Waals surface area contributed by atoms with Gasteiger partial charge in [0.2, 0.25) is 11.7 Å². The molecule has 1 aliphatic carbocycles. The highest BCUT2D eigenvalue weighted by Crippen LogP contribution is 2.40. The van der Waals surface area contributed by atoms with E-state index in [1.807, 2.05) is 0 Å². The zero-order chi connectivity index (χ0) is 18.6. The van der Waals surface area contributed by atoms with Crippen molar-refractivity contribution in [3.8, 4) is 0 Å². The van der Waals surface area contributed by atoms with Crippen molar-refractivity contribution in [2.24, 2.45) is 0 Å². The van der Waals surface area contributed by atoms with Crippen molar-refractivity contribution in [3.05, 3.63) is 22.5 Å². The topological polar surface area (TPSA) is 93.2 Å². The lowest BCUT2D eigenvalue weighted by Crippen LogP contribution is -2.68. The van der Waals surface area contributed by atoms with Crippen molar-refractivity contribution in [1.82, 2.24) is 9.80 Å². The van der Waals surface area contributed by atoms with Crippen LogP contribution in [0.3, 0.4) is 0 Å². The summed E-state index contributed by atoms with van der Waals surface area (Å²) in [4.78, 5) is 53.3. The molecule has 1 saturated heterocycles. The van der Waals surface area contributed by atoms with Crippen LogP contribution in [0.4, 0.5) is 0 Å². The predicted octanol–water partition coefficient (Wildman–Crippen LogP) is -0.558. The fraction of sp³-hybridized carbons (Fsp3) is 0.529. The summed E-state index contributed by atoms with van der Waals surface area (Å²) in [5, 5.41) is 0. The summed E-state index contributed by atoms with van der Waals surface area (Å²) in [5.74, 6) is -1.69. The highest BCUT2D eigenvalue weighted by atomic mass is 16.5. The monoisotopic (exact) mass is 348 g/mol. The first-order valence-corrected chi connectivity index (χ1v) is 7.93. The molecule has 1 amide bonds. The summed E-state index contributed by atoms with van der Waals surface area (Å²) in [6.45, 7) is 2.98. The van der Waals surface area contributed by atoms with E-state index in [9.17, 15) is 19.2 Å². The van der Waals surface area contributed by atoms with Crippen molar-refractivity contribution in [2.75, 3.05) is 27.7 Å². The van der Waals surface area contributed by atoms with Crippen molar-refractivity contribution < 1.29 is 28.7 Å². The Bertz CT molecular complexity index is 765. The van der Waals surface area contributed by atoms with Crippen molar-refractivity contribution in [3.63, 3.8) is 0 Å². The number of nitrogens with zero attached hydrogens (tertiary/aromatic N) is 2. The summed E-state index contributed by atoms with van der Waals surface area (Å²) in [5.41, 5.74) is 0.511. The molecule has 1 fully saturated rings. The Kier molecular flexibility index (Phi) is 4.03. The van der Waals surface area contributed by atoms with E-state index in [-0.39, 0.29) is 34.9 Å². The number of amides is 1. The van der Waals surface area contributed by atoms with E-state index in [0.717, 1.165) is 0 Å². The number of carbonyl (C=O) groups excluding carboxylic acids is 4. The number of likely N-dealkylation sites (N-methyl/N-ethyl adjacent to an activating group) is 2. The molecule has 0 aromatic heterocycles. The molecule has 0 saturated carbocycles. The zero-order valence-electron chi connectivity index (χ0n) is 14.8. The molecule has 8 nitrogen and oxygen atoms in total. The number of hydrogen-bond acceptors (Lipinski definition) is 7. The number of ether oxygens (including phenoxy) is 2. The van der Waals surface area contributed by atoms with Gasteiger partial charge in [-0.3, -0.25) is 24.1 Å². The van der Waals surface area contributed by atoms with Gasteiger partial charge >= 0.3 is 5.97 Å². The maximum atomic E-state index is 12.9. The van der Waals surface area contributed by atoms with Crippen LogP contribution in [0, 0.1) is 0 Å². The maximum Gasteiger partial charge on any atom is 0.303 e. The average Bonchev–Trinajstić information content (AvgIpc) is 2.53. The van der Waals surface area contributed by atoms with E-state index in [1.165, 1.54) is 25.9 Å². The van der Waals surface area contributed by atoms with E-state index in [2.05, 4.69) is 0 Å². The van der Waals surface area contributed by atoms with Gasteiger partial charge in [0.1, 0.15) is 6.04 Å². The van der Waals surface area contributed by atoms with Crippen molar-refractivity contribution >= 4 is 23.4 Å². The normalized spacial score (nSPS) is 29.9. The number of allylic oxidation sites excluding steroid dienone is 2. The predicted molar refractivity (Wildman–Crippen MR) is 85.3 cm³/mol. The van der Waals surface area contributed by atoms with Crippen LogP contribution in [0.25, 0.3) is 0 Å². The van der Waals surface area contributed by atoms with Crippen LogP contribution in [0.15, 0.2) is 22.5 Å². The van der Waals surface area contributed by atoms with Gasteiger partial charge in [-0.15, -0.1) is 0 Å². The molecule has 0 unspecified atom stereocenters. The summed E-state index contributed by atoms with van der Waals surface area (Å²) in [6, 6.07) is -1.29. The third kappa shape index (κ3) is 2.31. The second-order valence-corrected chi connectivity index (χ2v) is 6.52. The number of esters is 1. The van der Waals surface area contributed by atoms with Crippen LogP contribution < -0.4 is 0 Å². The molecule has 134 valence electrons. The molecule has 2 aliphatic heterocycles. The SMILES string of the molecule is COC1=C(C)C(=O)C2=C(C1=O)[C@@H]1CN(C)C(=O)[C@H]([C@H]2OC(C)=O)N1C. The maximum absolute atomic E-state index is 12.9. The quantitative estimate of drug-likeness (QED) is 0.488. The lowest BCUT2D eigenvalue weighted by atomic mass is 9.75. The first kappa shape index (κ1) is 17.3. The van der Waals surface area contributed by atoms with Crippen LogP contribution >= 0.6 is 0 Å². The van der Waals surface area contributed by atoms with Gasteiger partial charge in [0.05, 0.1) is 18.7 Å². The second kappa shape index (κ2) is 5.80. The number of piperazine rings is 1. The average molecular weight is 348 g/mol. The molecule has 8 heteroatoms. The molecule has 3 rings (SSSR count). The van der Waals surface area contributed by atoms with Gasteiger partial charge in [0.15, 0.2) is 17.6 Å². The minimum Gasteiger partial charge on any atom is -0.492 e. The molecule has 25 heavy (non-hydrogen) atoms. The van der Waals surface area contributed by atoms with Crippen LogP contribution in [0.2, 0.25) is 0 Å². The summed E-state index contributed by atoms with van der Waals surface area (Å²) < 4.78 is 10.5. The highest BCUT2D eigenvalue weighted by molar-refractivity contribution is 6.26. The van der Waals surface area contributed by atoms with Gasteiger partial charge in [-0.25, -0.2) is 0 Å². The van der Waals surface area contributed by atoms with Gasteiger partial charge in [-0.1, -0.05) is 0 Å². The van der Waals surface area contributed by atoms with E-state index in [1.54, 1.807) is 19.0 Å². The fourth-order valence-electron chi connectivity index (χ4n) is 3.87. The summed E-state index contributed by atoms with van der Waals surface area (Å²) >= 11 is 0. The van der Waals surface area contributed by atoms with E-state index in [0.29, 0.717) is 0 Å². The molecule has 2 bridgehead atoms. The smallest absolute Gasteiger partial charge is 0.303 e. The van der Waals surface area contributed by atoms with Gasteiger partial charge < -0.3 is 14.4 Å². The molecular weight excluding hydrogens is 328 g/mol. The molecule has 0 aromatic rings. The lowest BCUT2D eigenvalue weighted by Gasteiger charge is -2.50. The Morgan fingerprint density at radius 2 is 1.76 bits per heavy atom. The number of fused-ring (bicyclic) bond motifs is 3. The molecule has 3 aliphatic rings. The summed E-state index contributed by atoms with van der Waals surface area (Å²) in [6.07, 6.45) is -1.12. The molecule has 0 spiro atoms. The summed E-state index contributed by atoms with van der Waals surface area (Å²) in [7, 11) is 4.65. The molecule has 3 atom stereocenters. The van der Waals surface area contributed by atoms with E-state index >= 15 is 0 Å². The van der Waals surface area contributed by atoms with Crippen LogP contribution in [0.5, 0.6) is 0 Å². The Balaban J connectivity index is 2.24. The molecule has 2 heterocycles. The Hall–Kier alpha value is -2.48. The third-order valence-corrected chi connectivity index (χ3v) is 5.07. The van der Waals surface area contributed by atoms with Gasteiger partial charge in [0.25, 0.3) is 0 Å². The van der Waals surface area contributed by atoms with Crippen LogP contribution in [0.1, 0.15) is 13.8 Å². The Morgan fingerprint density at radius 1 is 1.12 bits per heavy atom. The molecular formula is C17H20N2O6. The third-order valence-electron chi connectivity index (χ3n) is 5.07. The highest BCUT2D eigenvalue weighted by Gasteiger charge is 2.55. The van der Waals surface area contributed by atoms with Crippen LogP contribution in [-0.4, -0.2) is 79.2 Å². The number of ketones is 2. The minimum atomic E-state index is -1.12. The number of Topliss-reactive ketones (excluding diaryl/α,β-unsaturated/α-hetero) is 2. The second-order valence-electron chi connectivity index (χ2n) is 6.52. The number of rotatable bonds is 2. The fourth-order valence-corrected chi connectivity index (χ4v) is 3.87. The minimum absolute atomic E-state index is 0.00303. The van der Waals surface area contributed by atoms with Crippen LogP contribution in [-0.2, 0) is 28.7 Å². The van der Waals surface area contributed by atoms with Gasteiger partial charge in [-0.05, 0) is 14.0 Å². The molecule has 0 N–H and O–H groups in total. The molecule has 0 radical (unpaired) electrons. The molecule has 0 aromatic carbocycles. The van der Waals surface area contributed by atoms with Gasteiger partial charge in [-0.2, -0.15) is 0 Å². The number of methoxy groups -OCH3 is 1. The Morgan fingerprint density at radius 3 is 2.32 bits per heavy atom. The van der Waals surface area contributed by atoms with E-state index < -0.39 is 35.7 Å². The number of hydrogen-bond donors (Lipinski definition) is 0. The number of carbonyl (C=O) groups is 4. The zero-order valence-corrected chi connectivity index (χ0v) is 14.8. The first-order chi connectivity index (χ1) is 11.7. The standard InChI is InChI=1S/C17H20N2O6/c1-7-13(21)11-10(14(22)15(7)24-5)9-6-18(3)17(23)12(19(9)4)16(11)25-8(2)20/h9,12,16H,6H2,1-5H3/t9-,12-,16-/m0/s1. The largest absolute Gasteiger partial charge is 0.492 e. The lowest BCUT2D eigenvalue weighted by molar-refractivity contribution is -0.160. The first-order valence-electron chi connectivity index (χ1n) is 7.93. The Labute approximate surface area is 145 Å². The van der Waals surface area contributed by atoms with Crippen molar-refractivity contribution in [2.45, 2.75) is 32.0 Å². The van der Waals surface area contributed by atoms with Gasteiger partial charge in [0, 0.05) is 31.7 Å². The van der Waals surface area contributed by atoms with E-state index in [4.69, 9.17) is 9.47 Å².